The third-order valence-electron chi connectivity index (χ3n) is 5.12. The first-order valence-corrected chi connectivity index (χ1v) is 10.3. The van der Waals surface area contributed by atoms with Crippen molar-refractivity contribution in [2.75, 3.05) is 37.8 Å². The van der Waals surface area contributed by atoms with Gasteiger partial charge in [-0.3, -0.25) is 0 Å². The number of nitrogens with zero attached hydrogens (tertiary/aromatic N) is 3. The minimum absolute atomic E-state index is 0.120. The number of carbonyl (C=O) groups is 1. The van der Waals surface area contributed by atoms with Crippen LogP contribution in [0.4, 0.5) is 5.82 Å². The summed E-state index contributed by atoms with van der Waals surface area (Å²) < 4.78 is 11.3. The van der Waals surface area contributed by atoms with Crippen LogP contribution in [-0.4, -0.2) is 54.0 Å². The fraction of sp³-hybridized carbons (Fsp3) is 0.286. The Morgan fingerprint density at radius 2 is 1.93 bits per heavy atom. The summed E-state index contributed by atoms with van der Waals surface area (Å²) in [5, 5.41) is 9.38. The van der Waals surface area contributed by atoms with E-state index in [9.17, 15) is 9.90 Å². The topological polar surface area (TPSA) is 84.8 Å². The first kappa shape index (κ1) is 18.1. The normalized spacial score (nSPS) is 15.8. The predicted molar refractivity (Wildman–Crippen MR) is 110 cm³/mol. The van der Waals surface area contributed by atoms with Gasteiger partial charge in [-0.15, -0.1) is 11.3 Å². The minimum atomic E-state index is -0.992. The van der Waals surface area contributed by atoms with Crippen molar-refractivity contribution in [3.8, 4) is 28.1 Å². The molecule has 0 aliphatic carbocycles. The molecule has 0 atom stereocenters. The van der Waals surface area contributed by atoms with E-state index in [0.29, 0.717) is 18.7 Å². The lowest BCUT2D eigenvalue weighted by molar-refractivity contribution is 0.0696. The van der Waals surface area contributed by atoms with Gasteiger partial charge in [0.25, 0.3) is 0 Å². The molecule has 4 heterocycles. The van der Waals surface area contributed by atoms with Gasteiger partial charge in [0.15, 0.2) is 0 Å². The molecule has 8 heteroatoms. The number of thiazole rings is 1. The maximum atomic E-state index is 11.3. The average Bonchev–Trinajstić information content (AvgIpc) is 3.11. The third kappa shape index (κ3) is 3.45. The second kappa shape index (κ2) is 7.46. The van der Waals surface area contributed by atoms with Crippen molar-refractivity contribution >= 4 is 23.1 Å². The Morgan fingerprint density at radius 1 is 1.10 bits per heavy atom. The lowest BCUT2D eigenvalue weighted by Gasteiger charge is -2.27. The Balaban J connectivity index is 1.46. The Morgan fingerprint density at radius 3 is 2.69 bits per heavy atom. The van der Waals surface area contributed by atoms with Crippen LogP contribution in [0.15, 0.2) is 36.5 Å². The maximum Gasteiger partial charge on any atom is 0.365 e. The molecule has 0 amide bonds. The average molecular weight is 409 g/mol. The van der Waals surface area contributed by atoms with E-state index in [1.165, 1.54) is 11.3 Å². The molecule has 7 nitrogen and oxygen atoms in total. The summed E-state index contributed by atoms with van der Waals surface area (Å²) >= 11 is 1.22. The number of morpholine rings is 1. The molecule has 3 aromatic rings. The van der Waals surface area contributed by atoms with Crippen LogP contribution in [-0.2, 0) is 11.2 Å². The van der Waals surface area contributed by atoms with E-state index in [1.807, 2.05) is 30.5 Å². The molecular formula is C21H19N3O4S. The van der Waals surface area contributed by atoms with E-state index in [1.54, 1.807) is 0 Å². The molecule has 1 saturated heterocycles. The molecule has 0 spiro atoms. The maximum absolute atomic E-state index is 11.3. The van der Waals surface area contributed by atoms with Crippen LogP contribution in [0.25, 0.3) is 22.4 Å². The van der Waals surface area contributed by atoms with Gasteiger partial charge < -0.3 is 19.5 Å². The third-order valence-corrected chi connectivity index (χ3v) is 6.22. The molecule has 5 rings (SSSR count). The van der Waals surface area contributed by atoms with Gasteiger partial charge in [0.1, 0.15) is 11.6 Å². The van der Waals surface area contributed by atoms with Crippen LogP contribution in [0.2, 0.25) is 0 Å². The van der Waals surface area contributed by atoms with Crippen LogP contribution in [0.5, 0.6) is 5.75 Å². The number of pyridine rings is 1. The van der Waals surface area contributed by atoms with Crippen molar-refractivity contribution in [1.29, 1.82) is 0 Å². The Bertz CT molecular complexity index is 1060. The first-order valence-electron chi connectivity index (χ1n) is 9.48. The van der Waals surface area contributed by atoms with Crippen molar-refractivity contribution in [2.45, 2.75) is 6.42 Å². The second-order valence-corrected chi connectivity index (χ2v) is 7.99. The smallest absolute Gasteiger partial charge is 0.365 e. The molecule has 148 valence electrons. The molecule has 0 unspecified atom stereocenters. The highest BCUT2D eigenvalue weighted by molar-refractivity contribution is 7.14. The summed E-state index contributed by atoms with van der Waals surface area (Å²) in [7, 11) is 0. The van der Waals surface area contributed by atoms with Gasteiger partial charge >= 0.3 is 5.97 Å². The van der Waals surface area contributed by atoms with Gasteiger partial charge in [-0.1, -0.05) is 6.07 Å². The lowest BCUT2D eigenvalue weighted by Crippen LogP contribution is -2.36. The largest absolute Gasteiger partial charge is 0.492 e. The fourth-order valence-electron chi connectivity index (χ4n) is 3.63. The number of hydrogen-bond acceptors (Lipinski definition) is 7. The molecule has 29 heavy (non-hydrogen) atoms. The number of carboxylic acid groups (broad SMARTS) is 1. The van der Waals surface area contributed by atoms with Crippen LogP contribution in [0.3, 0.4) is 0 Å². The second-order valence-electron chi connectivity index (χ2n) is 6.91. The number of hydrogen-bond donors (Lipinski definition) is 1. The van der Waals surface area contributed by atoms with Crippen LogP contribution < -0.4 is 9.64 Å². The quantitative estimate of drug-likeness (QED) is 0.710. The van der Waals surface area contributed by atoms with E-state index < -0.39 is 5.97 Å². The van der Waals surface area contributed by atoms with Crippen molar-refractivity contribution in [3.05, 3.63) is 46.4 Å². The van der Waals surface area contributed by atoms with Gasteiger partial charge in [-0.2, -0.15) is 0 Å². The standard InChI is InChI=1S/C21H19N3O4S/c25-21(26)20-23-19-15-3-1-13(11-16(15)28-8-5-17(19)29-20)14-2-4-18(22-12-14)24-6-9-27-10-7-24/h1-4,11-12H,5-10H2,(H,25,26). The van der Waals surface area contributed by atoms with Gasteiger partial charge in [-0.25, -0.2) is 14.8 Å². The van der Waals surface area contributed by atoms with E-state index in [4.69, 9.17) is 9.47 Å². The molecule has 0 saturated carbocycles. The SMILES string of the molecule is O=C(O)c1nc2c(s1)CCOc1cc(-c3ccc(N4CCOCC4)nc3)ccc1-2. The van der Waals surface area contributed by atoms with E-state index in [-0.39, 0.29) is 5.01 Å². The Hall–Kier alpha value is -2.97. The number of fused-ring (bicyclic) bond motifs is 3. The molecule has 0 radical (unpaired) electrons. The molecule has 1 fully saturated rings. The molecule has 1 aromatic carbocycles. The molecule has 2 aliphatic rings. The number of benzene rings is 1. The van der Waals surface area contributed by atoms with Gasteiger partial charge in [0.2, 0.25) is 5.01 Å². The predicted octanol–water partition coefficient (Wildman–Crippen LogP) is 3.34. The summed E-state index contributed by atoms with van der Waals surface area (Å²) in [4.78, 5) is 23.4. The highest BCUT2D eigenvalue weighted by Gasteiger charge is 2.23. The summed E-state index contributed by atoms with van der Waals surface area (Å²) in [6.45, 7) is 3.67. The zero-order valence-electron chi connectivity index (χ0n) is 15.6. The lowest BCUT2D eigenvalue weighted by atomic mass is 10.0. The zero-order chi connectivity index (χ0) is 19.8. The molecule has 2 aliphatic heterocycles. The number of aromatic nitrogens is 2. The minimum Gasteiger partial charge on any atom is -0.492 e. The van der Waals surface area contributed by atoms with E-state index >= 15 is 0 Å². The van der Waals surface area contributed by atoms with Crippen LogP contribution >= 0.6 is 11.3 Å². The fourth-order valence-corrected chi connectivity index (χ4v) is 4.53. The summed E-state index contributed by atoms with van der Waals surface area (Å²) in [6, 6.07) is 10.0. The molecule has 1 N–H and O–H groups in total. The highest BCUT2D eigenvalue weighted by Crippen LogP contribution is 2.39. The number of rotatable bonds is 3. The number of aromatic carboxylic acids is 1. The van der Waals surface area contributed by atoms with Crippen molar-refractivity contribution in [3.63, 3.8) is 0 Å². The molecule has 0 bridgehead atoms. The van der Waals surface area contributed by atoms with Crippen LogP contribution in [0.1, 0.15) is 14.7 Å². The summed E-state index contributed by atoms with van der Waals surface area (Å²) in [5.74, 6) is 0.686. The first-order chi connectivity index (χ1) is 14.2. The van der Waals surface area contributed by atoms with Crippen molar-refractivity contribution in [1.82, 2.24) is 9.97 Å². The van der Waals surface area contributed by atoms with Gasteiger partial charge in [0, 0.05) is 41.7 Å². The van der Waals surface area contributed by atoms with E-state index in [2.05, 4.69) is 20.9 Å². The van der Waals surface area contributed by atoms with Crippen LogP contribution in [0, 0.1) is 0 Å². The van der Waals surface area contributed by atoms with E-state index in [0.717, 1.165) is 59.4 Å². The molecular weight excluding hydrogens is 390 g/mol. The summed E-state index contributed by atoms with van der Waals surface area (Å²) in [6.07, 6.45) is 2.53. The number of anilines is 1. The zero-order valence-corrected chi connectivity index (χ0v) is 16.4. The van der Waals surface area contributed by atoms with Gasteiger partial charge in [0.05, 0.1) is 25.5 Å². The number of carboxylic acids is 1. The van der Waals surface area contributed by atoms with Crippen molar-refractivity contribution < 1.29 is 19.4 Å². The Labute approximate surface area is 171 Å². The van der Waals surface area contributed by atoms with Gasteiger partial charge in [-0.05, 0) is 29.8 Å². The Kier molecular flexibility index (Phi) is 4.65. The van der Waals surface area contributed by atoms with Crippen molar-refractivity contribution in [2.24, 2.45) is 0 Å². The highest BCUT2D eigenvalue weighted by atomic mass is 32.1. The summed E-state index contributed by atoms with van der Waals surface area (Å²) in [5.41, 5.74) is 3.56. The number of ether oxygens (including phenoxy) is 2. The molecule has 2 aromatic heterocycles. The monoisotopic (exact) mass is 409 g/mol.